The summed E-state index contributed by atoms with van der Waals surface area (Å²) in [7, 11) is 0. The van der Waals surface area contributed by atoms with Gasteiger partial charge in [-0.1, -0.05) is 18.2 Å². The molecule has 0 spiro atoms. The second-order valence-electron chi connectivity index (χ2n) is 4.64. The second kappa shape index (κ2) is 7.21. The molecule has 0 aliphatic heterocycles. The van der Waals surface area contributed by atoms with Gasteiger partial charge in [-0.3, -0.25) is 0 Å². The molecular formula is C14H16O5S. The number of carboxylic acids is 1. The van der Waals surface area contributed by atoms with Gasteiger partial charge in [0, 0.05) is 12.2 Å². The van der Waals surface area contributed by atoms with Crippen molar-refractivity contribution in [1.82, 2.24) is 0 Å². The molecule has 2 rings (SSSR count). The van der Waals surface area contributed by atoms with Crippen molar-refractivity contribution < 1.29 is 24.1 Å². The number of benzene rings is 1. The minimum absolute atomic E-state index is 0.0170. The Morgan fingerprint density at radius 2 is 2.00 bits per heavy atom. The van der Waals surface area contributed by atoms with E-state index in [4.69, 9.17) is 31.5 Å². The average Bonchev–Trinajstić information content (AvgIpc) is 2.37. The molecule has 0 atom stereocenters. The molecule has 0 heterocycles. The third kappa shape index (κ3) is 4.79. The summed E-state index contributed by atoms with van der Waals surface area (Å²) in [5.41, 5.74) is 0. The topological polar surface area (TPSA) is 65.0 Å². The molecule has 0 unspecified atom stereocenters. The summed E-state index contributed by atoms with van der Waals surface area (Å²) in [6, 6.07) is 9.20. The number of carbonyl (C=O) groups is 1. The Morgan fingerprint density at radius 3 is 2.65 bits per heavy atom. The minimum atomic E-state index is -0.942. The van der Waals surface area contributed by atoms with Crippen LogP contribution in [-0.2, 0) is 14.3 Å². The first kappa shape index (κ1) is 14.7. The highest BCUT2D eigenvalue weighted by Gasteiger charge is 2.31. The van der Waals surface area contributed by atoms with Crippen LogP contribution in [0.3, 0.4) is 0 Å². The number of aliphatic carboxylic acids is 1. The maximum absolute atomic E-state index is 10.3. The molecule has 1 N–H and O–H groups in total. The predicted octanol–water partition coefficient (Wildman–Crippen LogP) is 2.25. The van der Waals surface area contributed by atoms with Gasteiger partial charge in [0.25, 0.3) is 0 Å². The van der Waals surface area contributed by atoms with Crippen LogP contribution in [-0.4, -0.2) is 35.6 Å². The molecule has 1 saturated carbocycles. The lowest BCUT2D eigenvalue weighted by molar-refractivity contribution is -0.148. The van der Waals surface area contributed by atoms with E-state index < -0.39 is 5.97 Å². The van der Waals surface area contributed by atoms with Crippen molar-refractivity contribution in [2.45, 2.75) is 18.9 Å². The smallest absolute Gasteiger partial charge is 0.357 e. The van der Waals surface area contributed by atoms with E-state index in [2.05, 4.69) is 0 Å². The van der Waals surface area contributed by atoms with Crippen molar-refractivity contribution in [1.29, 1.82) is 0 Å². The lowest BCUT2D eigenvalue weighted by Crippen LogP contribution is -2.36. The monoisotopic (exact) mass is 296 g/mol. The van der Waals surface area contributed by atoms with Crippen LogP contribution in [0, 0.1) is 5.92 Å². The fraction of sp³-hybridized carbons (Fsp3) is 0.429. The van der Waals surface area contributed by atoms with Gasteiger partial charge >= 0.3 is 11.2 Å². The van der Waals surface area contributed by atoms with Gasteiger partial charge in [0.05, 0.1) is 12.7 Å². The minimum Gasteiger partial charge on any atom is -0.480 e. The number of para-hydroxylation sites is 1. The van der Waals surface area contributed by atoms with Gasteiger partial charge in [0.2, 0.25) is 0 Å². The van der Waals surface area contributed by atoms with E-state index in [1.165, 1.54) is 0 Å². The molecule has 108 valence electrons. The average molecular weight is 296 g/mol. The van der Waals surface area contributed by atoms with Crippen LogP contribution >= 0.6 is 12.2 Å². The summed E-state index contributed by atoms with van der Waals surface area (Å²) in [6.07, 6.45) is 1.60. The largest absolute Gasteiger partial charge is 0.480 e. The molecule has 0 radical (unpaired) electrons. The quantitative estimate of drug-likeness (QED) is 0.812. The lowest BCUT2D eigenvalue weighted by Gasteiger charge is -2.34. The van der Waals surface area contributed by atoms with Gasteiger partial charge < -0.3 is 19.3 Å². The first-order valence-electron chi connectivity index (χ1n) is 6.36. The number of thiocarbonyl (C=S) groups is 1. The summed E-state index contributed by atoms with van der Waals surface area (Å²) in [4.78, 5) is 10.3. The standard InChI is InChI=1S/C14H16O5S/c15-13(16)9-17-12-6-10(7-12)8-18-14(20)19-11-4-2-1-3-5-11/h1-5,10,12H,6-9H2,(H,15,16). The zero-order valence-corrected chi connectivity index (χ0v) is 11.7. The summed E-state index contributed by atoms with van der Waals surface area (Å²) >= 11 is 4.99. The van der Waals surface area contributed by atoms with Gasteiger partial charge in [-0.15, -0.1) is 0 Å². The van der Waals surface area contributed by atoms with Gasteiger partial charge in [-0.05, 0) is 30.9 Å². The molecule has 1 aliphatic carbocycles. The van der Waals surface area contributed by atoms with Crippen LogP contribution in [0.25, 0.3) is 0 Å². The fourth-order valence-electron chi connectivity index (χ4n) is 1.94. The molecule has 0 bridgehead atoms. The zero-order valence-electron chi connectivity index (χ0n) is 10.9. The van der Waals surface area contributed by atoms with Crippen molar-refractivity contribution in [2.24, 2.45) is 5.92 Å². The highest BCUT2D eigenvalue weighted by atomic mass is 32.1. The summed E-state index contributed by atoms with van der Waals surface area (Å²) in [5, 5.41) is 8.58. The zero-order chi connectivity index (χ0) is 14.4. The van der Waals surface area contributed by atoms with Crippen molar-refractivity contribution in [3.63, 3.8) is 0 Å². The Labute approximate surface area is 122 Å². The Bertz CT molecular complexity index is 456. The van der Waals surface area contributed by atoms with Crippen molar-refractivity contribution in [3.05, 3.63) is 30.3 Å². The molecule has 0 saturated heterocycles. The van der Waals surface area contributed by atoms with Crippen LogP contribution in [0.4, 0.5) is 0 Å². The first-order chi connectivity index (χ1) is 9.63. The number of hydrogen-bond donors (Lipinski definition) is 1. The van der Waals surface area contributed by atoms with Gasteiger partial charge in [0.15, 0.2) is 0 Å². The van der Waals surface area contributed by atoms with E-state index in [1.807, 2.05) is 18.2 Å². The molecule has 20 heavy (non-hydrogen) atoms. The van der Waals surface area contributed by atoms with Gasteiger partial charge in [-0.2, -0.15) is 0 Å². The van der Waals surface area contributed by atoms with Crippen LogP contribution in [0.15, 0.2) is 30.3 Å². The van der Waals surface area contributed by atoms with Gasteiger partial charge in [-0.25, -0.2) is 4.79 Å². The van der Waals surface area contributed by atoms with Crippen LogP contribution in [0.2, 0.25) is 0 Å². The fourth-order valence-corrected chi connectivity index (χ4v) is 2.10. The van der Waals surface area contributed by atoms with Crippen LogP contribution in [0.5, 0.6) is 5.75 Å². The van der Waals surface area contributed by atoms with Crippen LogP contribution in [0.1, 0.15) is 12.8 Å². The number of hydrogen-bond acceptors (Lipinski definition) is 5. The molecule has 5 nitrogen and oxygen atoms in total. The third-order valence-electron chi connectivity index (χ3n) is 3.02. The molecule has 0 aromatic heterocycles. The van der Waals surface area contributed by atoms with E-state index in [0.717, 1.165) is 12.8 Å². The Morgan fingerprint density at radius 1 is 1.30 bits per heavy atom. The molecule has 0 amide bonds. The summed E-state index contributed by atoms with van der Waals surface area (Å²) < 4.78 is 15.9. The number of ether oxygens (including phenoxy) is 3. The van der Waals surface area contributed by atoms with Crippen molar-refractivity contribution >= 4 is 23.4 Å². The molecular weight excluding hydrogens is 280 g/mol. The van der Waals surface area contributed by atoms with E-state index >= 15 is 0 Å². The predicted molar refractivity (Wildman–Crippen MR) is 75.7 cm³/mol. The maximum Gasteiger partial charge on any atom is 0.357 e. The van der Waals surface area contributed by atoms with E-state index in [-0.39, 0.29) is 17.9 Å². The molecule has 1 aromatic carbocycles. The highest BCUT2D eigenvalue weighted by Crippen LogP contribution is 2.30. The number of rotatable bonds is 6. The van der Waals surface area contributed by atoms with E-state index in [0.29, 0.717) is 18.3 Å². The third-order valence-corrected chi connectivity index (χ3v) is 3.22. The molecule has 1 aromatic rings. The molecule has 1 aliphatic rings. The Balaban J connectivity index is 1.58. The summed E-state index contributed by atoms with van der Waals surface area (Å²) in [5.74, 6) is 0.0436. The van der Waals surface area contributed by atoms with Crippen LogP contribution < -0.4 is 4.74 Å². The Kier molecular flexibility index (Phi) is 5.31. The van der Waals surface area contributed by atoms with E-state index in [1.54, 1.807) is 12.1 Å². The molecule has 6 heteroatoms. The van der Waals surface area contributed by atoms with E-state index in [9.17, 15) is 4.79 Å². The molecule has 1 fully saturated rings. The van der Waals surface area contributed by atoms with Crippen molar-refractivity contribution in [2.75, 3.05) is 13.2 Å². The number of carboxylic acid groups (broad SMARTS) is 1. The second-order valence-corrected chi connectivity index (χ2v) is 4.97. The lowest BCUT2D eigenvalue weighted by atomic mass is 9.83. The maximum atomic E-state index is 10.3. The van der Waals surface area contributed by atoms with Crippen molar-refractivity contribution in [3.8, 4) is 5.75 Å². The summed E-state index contributed by atoms with van der Waals surface area (Å²) in [6.45, 7) is 0.229. The first-order valence-corrected chi connectivity index (χ1v) is 6.77. The SMILES string of the molecule is O=C(O)COC1CC(COC(=S)Oc2ccccc2)C1. The Hall–Kier alpha value is -1.66. The normalized spacial score (nSPS) is 20.8. The highest BCUT2D eigenvalue weighted by molar-refractivity contribution is 7.79. The van der Waals surface area contributed by atoms with Gasteiger partial charge in [0.1, 0.15) is 12.4 Å².